The van der Waals surface area contributed by atoms with Crippen molar-refractivity contribution < 1.29 is 14.4 Å². The van der Waals surface area contributed by atoms with Crippen LogP contribution in [0.3, 0.4) is 0 Å². The highest BCUT2D eigenvalue weighted by molar-refractivity contribution is 5.70. The van der Waals surface area contributed by atoms with E-state index in [2.05, 4.69) is 15.2 Å². The summed E-state index contributed by atoms with van der Waals surface area (Å²) >= 11 is 0. The number of amides is 1. The summed E-state index contributed by atoms with van der Waals surface area (Å²) in [5.74, 6) is 0.618. The number of hydrogen-bond donors (Lipinski definition) is 1. The molecule has 154 valence electrons. The van der Waals surface area contributed by atoms with Gasteiger partial charge in [-0.1, -0.05) is 11.2 Å². The van der Waals surface area contributed by atoms with E-state index in [1.807, 2.05) is 25.1 Å². The second kappa shape index (κ2) is 7.94. The van der Waals surface area contributed by atoms with Crippen LogP contribution in [0, 0.1) is 13.8 Å². The van der Waals surface area contributed by atoms with Crippen LogP contribution in [0.5, 0.6) is 0 Å². The van der Waals surface area contributed by atoms with Crippen molar-refractivity contribution in [2.75, 3.05) is 13.1 Å². The van der Waals surface area contributed by atoms with Crippen LogP contribution in [-0.2, 0) is 6.54 Å². The molecule has 1 amide bonds. The van der Waals surface area contributed by atoms with Gasteiger partial charge in [0.25, 0.3) is 5.56 Å². The summed E-state index contributed by atoms with van der Waals surface area (Å²) in [5, 5.41) is 17.5. The van der Waals surface area contributed by atoms with Gasteiger partial charge in [0, 0.05) is 47.7 Å². The number of rotatable bonds is 4. The highest BCUT2D eigenvalue weighted by Gasteiger charge is 2.19. The van der Waals surface area contributed by atoms with E-state index in [4.69, 9.17) is 9.63 Å². The first kappa shape index (κ1) is 19.6. The number of pyridine rings is 1. The Hall–Kier alpha value is -3.75. The molecule has 0 aliphatic carbocycles. The molecular formula is C21H21N5O4. The van der Waals surface area contributed by atoms with Crippen LogP contribution in [0.1, 0.15) is 29.0 Å². The summed E-state index contributed by atoms with van der Waals surface area (Å²) in [4.78, 5) is 29.4. The topological polar surface area (TPSA) is 114 Å². The minimum Gasteiger partial charge on any atom is -0.465 e. The molecule has 1 aliphatic heterocycles. The van der Waals surface area contributed by atoms with E-state index in [-0.39, 0.29) is 12.1 Å². The van der Waals surface area contributed by atoms with Crippen molar-refractivity contribution in [1.29, 1.82) is 0 Å². The Morgan fingerprint density at radius 3 is 2.70 bits per heavy atom. The van der Waals surface area contributed by atoms with E-state index < -0.39 is 6.09 Å². The smallest absolute Gasteiger partial charge is 0.407 e. The van der Waals surface area contributed by atoms with E-state index in [0.717, 1.165) is 22.4 Å². The van der Waals surface area contributed by atoms with Gasteiger partial charge in [-0.05, 0) is 38.0 Å². The molecule has 4 heterocycles. The predicted octanol–water partition coefficient (Wildman–Crippen LogP) is 2.73. The predicted molar refractivity (Wildman–Crippen MR) is 109 cm³/mol. The van der Waals surface area contributed by atoms with Gasteiger partial charge in [-0.2, -0.15) is 5.10 Å². The van der Waals surface area contributed by atoms with E-state index in [1.54, 1.807) is 19.3 Å². The lowest BCUT2D eigenvalue weighted by molar-refractivity contribution is 0.150. The van der Waals surface area contributed by atoms with Gasteiger partial charge in [-0.3, -0.25) is 9.78 Å². The molecule has 0 saturated heterocycles. The molecule has 9 nitrogen and oxygen atoms in total. The monoisotopic (exact) mass is 407 g/mol. The Labute approximate surface area is 172 Å². The third-order valence-corrected chi connectivity index (χ3v) is 5.20. The minimum atomic E-state index is -0.942. The number of nitrogens with zero attached hydrogens (tertiary/aromatic N) is 5. The molecule has 0 aromatic carbocycles. The molecule has 1 aliphatic rings. The van der Waals surface area contributed by atoms with Crippen LogP contribution in [0.25, 0.3) is 16.8 Å². The average molecular weight is 407 g/mol. The van der Waals surface area contributed by atoms with Gasteiger partial charge in [0.05, 0.1) is 12.7 Å². The van der Waals surface area contributed by atoms with Crippen LogP contribution in [-0.4, -0.2) is 49.1 Å². The summed E-state index contributed by atoms with van der Waals surface area (Å²) in [6, 6.07) is 5.34. The first-order valence-corrected chi connectivity index (χ1v) is 9.55. The fourth-order valence-corrected chi connectivity index (χ4v) is 3.39. The molecule has 30 heavy (non-hydrogen) atoms. The molecule has 1 N–H and O–H groups in total. The van der Waals surface area contributed by atoms with Crippen molar-refractivity contribution in [3.8, 4) is 11.3 Å². The molecule has 0 atom stereocenters. The molecule has 0 saturated carbocycles. The quantitative estimate of drug-likeness (QED) is 0.707. The Bertz CT molecular complexity index is 1180. The van der Waals surface area contributed by atoms with Crippen LogP contribution < -0.4 is 5.56 Å². The van der Waals surface area contributed by atoms with Crippen molar-refractivity contribution in [1.82, 2.24) is 24.8 Å². The van der Waals surface area contributed by atoms with Crippen molar-refractivity contribution in [2.45, 2.75) is 26.8 Å². The van der Waals surface area contributed by atoms with Gasteiger partial charge in [0.15, 0.2) is 0 Å². The molecule has 3 aromatic rings. The number of aryl methyl sites for hydroxylation is 2. The van der Waals surface area contributed by atoms with Crippen molar-refractivity contribution in [3.63, 3.8) is 0 Å². The molecule has 0 bridgehead atoms. The SMILES string of the molecule is Cc1ccc(-c2noc(C)c2Cn2ncc(C3=CCN(C(=O)O)CC3)cc2=O)cn1. The second-order valence-corrected chi connectivity index (χ2v) is 7.20. The lowest BCUT2D eigenvalue weighted by Gasteiger charge is -2.23. The third-order valence-electron chi connectivity index (χ3n) is 5.20. The molecule has 3 aromatic heterocycles. The summed E-state index contributed by atoms with van der Waals surface area (Å²) in [5.41, 5.74) is 4.52. The molecule has 0 unspecified atom stereocenters. The molecule has 9 heteroatoms. The molecule has 0 fully saturated rings. The Kier molecular flexibility index (Phi) is 5.18. The molecular weight excluding hydrogens is 386 g/mol. The normalized spacial score (nSPS) is 13.9. The van der Waals surface area contributed by atoms with E-state index in [9.17, 15) is 9.59 Å². The first-order valence-electron chi connectivity index (χ1n) is 9.55. The first-order chi connectivity index (χ1) is 14.4. The van der Waals surface area contributed by atoms with Gasteiger partial charge in [0.1, 0.15) is 11.5 Å². The maximum absolute atomic E-state index is 12.7. The standard InChI is InChI=1S/C21H21N5O4/c1-13-3-4-16(10-22-13)20-18(14(2)30-24-20)12-26-19(27)9-17(11-23-26)15-5-7-25(8-6-15)21(28)29/h3-5,9-11H,6-8,12H2,1-2H3,(H,28,29). The fraction of sp³-hybridized carbons (Fsp3) is 0.286. The zero-order valence-corrected chi connectivity index (χ0v) is 16.7. The van der Waals surface area contributed by atoms with Gasteiger partial charge in [-0.15, -0.1) is 0 Å². The van der Waals surface area contributed by atoms with Crippen LogP contribution in [0.4, 0.5) is 4.79 Å². The van der Waals surface area contributed by atoms with Gasteiger partial charge >= 0.3 is 6.09 Å². The van der Waals surface area contributed by atoms with E-state index in [0.29, 0.717) is 36.5 Å². The summed E-state index contributed by atoms with van der Waals surface area (Å²) in [6.07, 6.45) is 4.80. The number of carboxylic acid groups (broad SMARTS) is 1. The Morgan fingerprint density at radius 1 is 1.23 bits per heavy atom. The Morgan fingerprint density at radius 2 is 2.07 bits per heavy atom. The van der Waals surface area contributed by atoms with Crippen LogP contribution in [0.2, 0.25) is 0 Å². The largest absolute Gasteiger partial charge is 0.465 e. The van der Waals surface area contributed by atoms with E-state index >= 15 is 0 Å². The minimum absolute atomic E-state index is 0.226. The highest BCUT2D eigenvalue weighted by atomic mass is 16.5. The second-order valence-electron chi connectivity index (χ2n) is 7.20. The van der Waals surface area contributed by atoms with Gasteiger partial charge in [0.2, 0.25) is 0 Å². The zero-order chi connectivity index (χ0) is 21.3. The Balaban J connectivity index is 1.59. The highest BCUT2D eigenvalue weighted by Crippen LogP contribution is 2.25. The lowest BCUT2D eigenvalue weighted by atomic mass is 10.0. The van der Waals surface area contributed by atoms with E-state index in [1.165, 1.54) is 15.6 Å². The maximum atomic E-state index is 12.7. The lowest BCUT2D eigenvalue weighted by Crippen LogP contribution is -2.33. The van der Waals surface area contributed by atoms with Crippen LogP contribution >= 0.6 is 0 Å². The van der Waals surface area contributed by atoms with Crippen molar-refractivity contribution in [3.05, 3.63) is 69.6 Å². The molecule has 0 radical (unpaired) electrons. The van der Waals surface area contributed by atoms with Gasteiger partial charge in [-0.25, -0.2) is 9.48 Å². The molecule has 0 spiro atoms. The zero-order valence-electron chi connectivity index (χ0n) is 16.7. The van der Waals surface area contributed by atoms with Crippen molar-refractivity contribution >= 4 is 11.7 Å². The number of aromatic nitrogens is 4. The van der Waals surface area contributed by atoms with Crippen molar-refractivity contribution in [2.24, 2.45) is 0 Å². The molecule has 4 rings (SSSR count). The number of hydrogen-bond acceptors (Lipinski definition) is 6. The number of carbonyl (C=O) groups is 1. The van der Waals surface area contributed by atoms with Gasteiger partial charge < -0.3 is 14.5 Å². The van der Waals surface area contributed by atoms with Crippen LogP contribution in [0.15, 0.2) is 46.0 Å². The summed E-state index contributed by atoms with van der Waals surface area (Å²) in [6.45, 7) is 4.64. The summed E-state index contributed by atoms with van der Waals surface area (Å²) in [7, 11) is 0. The fourth-order valence-electron chi connectivity index (χ4n) is 3.39. The maximum Gasteiger partial charge on any atom is 0.407 e. The third kappa shape index (κ3) is 3.86. The average Bonchev–Trinajstić information content (AvgIpc) is 3.10. The summed E-state index contributed by atoms with van der Waals surface area (Å²) < 4.78 is 6.72.